The molecule has 302 valence electrons. The standard InChI is InChI=1S/C61H53N/c1-59(2)34-35-60(3,4)57-37-44(31-33-55(57)59)41-26-28-42(29-27-41)50-38-51-49-22-12-15-25-54(49)61(52-23-13-10-20-47(52)48-21-11-14-24-53(48)61)56(51)39-58(50)62(45-18-6-5-7-19-45)46-32-30-40-16-8-9-17-43(40)36-46/h5-7,10-15,18-33,36-39H,8-9,16-17,34-35H2,1-4H3. The van der Waals surface area contributed by atoms with Gasteiger partial charge in [-0.05, 0) is 169 Å². The highest BCUT2D eigenvalue weighted by atomic mass is 15.1. The van der Waals surface area contributed by atoms with E-state index >= 15 is 0 Å². The first kappa shape index (κ1) is 37.3. The van der Waals surface area contributed by atoms with E-state index in [0.29, 0.717) is 0 Å². The van der Waals surface area contributed by atoms with E-state index in [1.165, 1.54) is 126 Å². The fraction of sp³-hybridized carbons (Fsp3) is 0.213. The van der Waals surface area contributed by atoms with Crippen LogP contribution in [0.15, 0.2) is 176 Å². The van der Waals surface area contributed by atoms with E-state index in [1.807, 2.05) is 0 Å². The second-order valence-electron chi connectivity index (χ2n) is 19.7. The predicted octanol–water partition coefficient (Wildman–Crippen LogP) is 16.1. The van der Waals surface area contributed by atoms with Crippen molar-refractivity contribution in [2.24, 2.45) is 0 Å². The number of hydrogen-bond acceptors (Lipinski definition) is 1. The molecule has 1 nitrogen and oxygen atoms in total. The highest BCUT2D eigenvalue weighted by Gasteiger charge is 2.52. The molecule has 0 N–H and O–H groups in total. The Morgan fingerprint density at radius 1 is 0.355 bits per heavy atom. The molecule has 0 saturated carbocycles. The summed E-state index contributed by atoms with van der Waals surface area (Å²) in [6.45, 7) is 9.68. The van der Waals surface area contributed by atoms with Crippen molar-refractivity contribution in [2.45, 2.75) is 82.5 Å². The molecular weight excluding hydrogens is 747 g/mol. The van der Waals surface area contributed by atoms with E-state index in [0.717, 1.165) is 18.5 Å². The van der Waals surface area contributed by atoms with Crippen molar-refractivity contribution in [1.29, 1.82) is 0 Å². The molecule has 0 aliphatic heterocycles. The predicted molar refractivity (Wildman–Crippen MR) is 260 cm³/mol. The molecule has 1 spiro atoms. The molecule has 0 atom stereocenters. The van der Waals surface area contributed by atoms with Crippen LogP contribution in [-0.4, -0.2) is 0 Å². The lowest BCUT2D eigenvalue weighted by molar-refractivity contribution is 0.332. The van der Waals surface area contributed by atoms with Gasteiger partial charge in [-0.1, -0.05) is 167 Å². The summed E-state index contributed by atoms with van der Waals surface area (Å²) >= 11 is 0. The van der Waals surface area contributed by atoms with Crippen LogP contribution < -0.4 is 4.90 Å². The average Bonchev–Trinajstić information content (AvgIpc) is 3.77. The van der Waals surface area contributed by atoms with Crippen molar-refractivity contribution in [3.05, 3.63) is 220 Å². The fourth-order valence-corrected chi connectivity index (χ4v) is 12.0. The van der Waals surface area contributed by atoms with Gasteiger partial charge in [-0.3, -0.25) is 0 Å². The third-order valence-electron chi connectivity index (χ3n) is 15.3. The number of benzene rings is 8. The van der Waals surface area contributed by atoms with Gasteiger partial charge in [0.1, 0.15) is 0 Å². The van der Waals surface area contributed by atoms with Gasteiger partial charge in [-0.2, -0.15) is 0 Å². The van der Waals surface area contributed by atoms with Crippen LogP contribution in [0.2, 0.25) is 0 Å². The first-order valence-corrected chi connectivity index (χ1v) is 22.9. The van der Waals surface area contributed by atoms with E-state index in [9.17, 15) is 0 Å². The lowest BCUT2D eigenvalue weighted by atomic mass is 9.63. The van der Waals surface area contributed by atoms with Gasteiger partial charge in [0, 0.05) is 16.9 Å². The van der Waals surface area contributed by atoms with E-state index < -0.39 is 5.41 Å². The van der Waals surface area contributed by atoms with Gasteiger partial charge < -0.3 is 4.90 Å². The second kappa shape index (κ2) is 13.8. The SMILES string of the molecule is CC1(C)CCC(C)(C)c2cc(-c3ccc(-c4cc5c(cc4N(c4ccccc4)c4ccc6c(c4)CCCC6)C4(c6ccccc6-c6ccccc64)c4ccccc4-5)cc3)ccc21. The van der Waals surface area contributed by atoms with Crippen LogP contribution in [0.4, 0.5) is 17.1 Å². The maximum Gasteiger partial charge on any atom is 0.0726 e. The summed E-state index contributed by atoms with van der Waals surface area (Å²) in [5.74, 6) is 0. The minimum absolute atomic E-state index is 0.158. The molecule has 1 heteroatoms. The molecule has 4 aliphatic rings. The van der Waals surface area contributed by atoms with Crippen LogP contribution >= 0.6 is 0 Å². The minimum Gasteiger partial charge on any atom is -0.310 e. The molecule has 4 aliphatic carbocycles. The lowest BCUT2D eigenvalue weighted by Crippen LogP contribution is -2.33. The molecule has 0 heterocycles. The van der Waals surface area contributed by atoms with E-state index in [-0.39, 0.29) is 10.8 Å². The fourth-order valence-electron chi connectivity index (χ4n) is 12.0. The second-order valence-corrected chi connectivity index (χ2v) is 19.7. The van der Waals surface area contributed by atoms with Gasteiger partial charge in [0.15, 0.2) is 0 Å². The van der Waals surface area contributed by atoms with Crippen LogP contribution in [0.3, 0.4) is 0 Å². The largest absolute Gasteiger partial charge is 0.310 e. The first-order chi connectivity index (χ1) is 30.2. The molecule has 12 rings (SSSR count). The highest BCUT2D eigenvalue weighted by molar-refractivity contribution is 6.00. The summed E-state index contributed by atoms with van der Waals surface area (Å²) in [5.41, 5.74) is 25.2. The minimum atomic E-state index is -0.441. The van der Waals surface area contributed by atoms with Crippen molar-refractivity contribution in [1.82, 2.24) is 0 Å². The van der Waals surface area contributed by atoms with Gasteiger partial charge in [-0.25, -0.2) is 0 Å². The lowest BCUT2D eigenvalue weighted by Gasteiger charge is -2.42. The first-order valence-electron chi connectivity index (χ1n) is 22.9. The van der Waals surface area contributed by atoms with Gasteiger partial charge in [0.25, 0.3) is 0 Å². The highest BCUT2D eigenvalue weighted by Crippen LogP contribution is 2.64. The number of anilines is 3. The van der Waals surface area contributed by atoms with Gasteiger partial charge in [0.2, 0.25) is 0 Å². The van der Waals surface area contributed by atoms with Crippen LogP contribution in [0.25, 0.3) is 44.5 Å². The van der Waals surface area contributed by atoms with Crippen molar-refractivity contribution >= 4 is 17.1 Å². The normalized spacial score (nSPS) is 16.7. The maximum atomic E-state index is 2.58. The van der Waals surface area contributed by atoms with Crippen molar-refractivity contribution in [3.8, 4) is 44.5 Å². The molecule has 0 radical (unpaired) electrons. The molecule has 8 aromatic rings. The number of aryl methyl sites for hydroxylation is 2. The molecule has 0 aromatic heterocycles. The number of fused-ring (bicyclic) bond motifs is 12. The number of hydrogen-bond donors (Lipinski definition) is 0. The monoisotopic (exact) mass is 799 g/mol. The molecule has 0 fully saturated rings. The summed E-state index contributed by atoms with van der Waals surface area (Å²) < 4.78 is 0. The van der Waals surface area contributed by atoms with Crippen molar-refractivity contribution < 1.29 is 0 Å². The molecule has 62 heavy (non-hydrogen) atoms. The molecule has 0 unspecified atom stereocenters. The Balaban J connectivity index is 1.11. The molecule has 0 amide bonds. The third-order valence-corrected chi connectivity index (χ3v) is 15.3. The summed E-state index contributed by atoms with van der Waals surface area (Å²) in [6.07, 6.45) is 7.24. The topological polar surface area (TPSA) is 3.24 Å². The summed E-state index contributed by atoms with van der Waals surface area (Å²) in [5, 5.41) is 0. The zero-order chi connectivity index (χ0) is 41.8. The zero-order valence-electron chi connectivity index (χ0n) is 36.4. The number of nitrogens with zero attached hydrogens (tertiary/aromatic N) is 1. The Morgan fingerprint density at radius 2 is 0.903 bits per heavy atom. The zero-order valence-corrected chi connectivity index (χ0v) is 36.4. The Morgan fingerprint density at radius 3 is 1.56 bits per heavy atom. The van der Waals surface area contributed by atoms with Crippen molar-refractivity contribution in [3.63, 3.8) is 0 Å². The van der Waals surface area contributed by atoms with Gasteiger partial charge >= 0.3 is 0 Å². The quantitative estimate of drug-likeness (QED) is 0.168. The smallest absolute Gasteiger partial charge is 0.0726 e. The summed E-state index contributed by atoms with van der Waals surface area (Å²) in [6, 6.07) is 67.7. The molecule has 0 bridgehead atoms. The van der Waals surface area contributed by atoms with Crippen molar-refractivity contribution in [2.75, 3.05) is 4.90 Å². The Hall–Kier alpha value is -6.44. The van der Waals surface area contributed by atoms with E-state index in [2.05, 4.69) is 209 Å². The number of rotatable bonds is 5. The Kier molecular flexibility index (Phi) is 8.30. The third kappa shape index (κ3) is 5.46. The average molecular weight is 800 g/mol. The number of para-hydroxylation sites is 1. The summed E-state index contributed by atoms with van der Waals surface area (Å²) in [4.78, 5) is 2.55. The molecule has 0 saturated heterocycles. The Bertz CT molecular complexity index is 3030. The molecular formula is C61H53N. The summed E-state index contributed by atoms with van der Waals surface area (Å²) in [7, 11) is 0. The van der Waals surface area contributed by atoms with Gasteiger partial charge in [0.05, 0.1) is 11.1 Å². The van der Waals surface area contributed by atoms with E-state index in [1.54, 1.807) is 0 Å². The van der Waals surface area contributed by atoms with Crippen LogP contribution in [0.5, 0.6) is 0 Å². The molecule has 8 aromatic carbocycles. The Labute approximate surface area is 367 Å². The van der Waals surface area contributed by atoms with Crippen LogP contribution in [0.1, 0.15) is 97.9 Å². The van der Waals surface area contributed by atoms with E-state index in [4.69, 9.17) is 0 Å². The van der Waals surface area contributed by atoms with Gasteiger partial charge in [-0.15, -0.1) is 0 Å². The van der Waals surface area contributed by atoms with Crippen LogP contribution in [-0.2, 0) is 29.1 Å². The van der Waals surface area contributed by atoms with Crippen LogP contribution in [0, 0.1) is 0 Å². The maximum absolute atomic E-state index is 2.58.